The predicted molar refractivity (Wildman–Crippen MR) is 99.8 cm³/mol. The van der Waals surface area contributed by atoms with E-state index in [0.29, 0.717) is 31.1 Å². The molecule has 6 heteroatoms. The summed E-state index contributed by atoms with van der Waals surface area (Å²) in [6, 6.07) is 6.70. The first kappa shape index (κ1) is 19.7. The van der Waals surface area contributed by atoms with Gasteiger partial charge >= 0.3 is 0 Å². The quantitative estimate of drug-likeness (QED) is 0.699. The summed E-state index contributed by atoms with van der Waals surface area (Å²) in [4.78, 5) is 14.4. The van der Waals surface area contributed by atoms with Crippen molar-refractivity contribution in [3.05, 3.63) is 42.0 Å². The summed E-state index contributed by atoms with van der Waals surface area (Å²) in [6.45, 7) is 10.1. The van der Waals surface area contributed by atoms with Crippen LogP contribution in [0, 0.1) is 0 Å². The molecule has 0 atom stereocenters. The fourth-order valence-corrected chi connectivity index (χ4v) is 4.54. The number of carbonyl (C=O) groups excluding carboxylic acids is 1. The molecule has 1 fully saturated rings. The Labute approximate surface area is 151 Å². The summed E-state index contributed by atoms with van der Waals surface area (Å²) >= 11 is 0. The van der Waals surface area contributed by atoms with E-state index in [1.54, 1.807) is 33.5 Å². The first-order valence-corrected chi connectivity index (χ1v) is 10.3. The highest BCUT2D eigenvalue weighted by Gasteiger charge is 2.25. The second-order valence-corrected chi connectivity index (χ2v) is 8.59. The standard InChI is InChI=1S/C19H28N2O3S/c1-4-20(15-16(2)3)19(22)14-17-8-10-18(11-9-17)25(23,24)21-12-6-5-7-13-21/h8-11H,2,4-7,12-15H2,1,3H3. The molecule has 0 spiro atoms. The number of nitrogens with zero attached hydrogens (tertiary/aromatic N) is 2. The van der Waals surface area contributed by atoms with Crippen molar-refractivity contribution in [3.63, 3.8) is 0 Å². The van der Waals surface area contributed by atoms with Crippen LogP contribution >= 0.6 is 0 Å². The molecule has 25 heavy (non-hydrogen) atoms. The summed E-state index contributed by atoms with van der Waals surface area (Å²) in [6.07, 6.45) is 3.19. The number of sulfonamides is 1. The minimum absolute atomic E-state index is 0.0251. The second kappa shape index (κ2) is 8.63. The van der Waals surface area contributed by atoms with Crippen LogP contribution in [0.5, 0.6) is 0 Å². The zero-order valence-corrected chi connectivity index (χ0v) is 16.0. The van der Waals surface area contributed by atoms with Gasteiger partial charge < -0.3 is 4.90 Å². The second-order valence-electron chi connectivity index (χ2n) is 6.65. The monoisotopic (exact) mass is 364 g/mol. The van der Waals surface area contributed by atoms with E-state index in [0.717, 1.165) is 30.4 Å². The van der Waals surface area contributed by atoms with E-state index < -0.39 is 10.0 Å². The van der Waals surface area contributed by atoms with Gasteiger partial charge in [0.2, 0.25) is 15.9 Å². The molecule has 2 rings (SSSR count). The smallest absolute Gasteiger partial charge is 0.243 e. The van der Waals surface area contributed by atoms with E-state index in [-0.39, 0.29) is 12.3 Å². The molecule has 138 valence electrons. The maximum Gasteiger partial charge on any atom is 0.243 e. The van der Waals surface area contributed by atoms with Gasteiger partial charge in [-0.1, -0.05) is 30.7 Å². The SMILES string of the molecule is C=C(C)CN(CC)C(=O)Cc1ccc(S(=O)(=O)N2CCCCC2)cc1. The van der Waals surface area contributed by atoms with Gasteiger partial charge in [-0.25, -0.2) is 8.42 Å². The molecule has 0 radical (unpaired) electrons. The summed E-state index contributed by atoms with van der Waals surface area (Å²) in [7, 11) is -3.42. The fourth-order valence-electron chi connectivity index (χ4n) is 3.02. The Morgan fingerprint density at radius 3 is 2.28 bits per heavy atom. The Morgan fingerprint density at radius 1 is 1.16 bits per heavy atom. The minimum atomic E-state index is -3.42. The average Bonchev–Trinajstić information content (AvgIpc) is 2.60. The Morgan fingerprint density at radius 2 is 1.76 bits per heavy atom. The first-order valence-electron chi connectivity index (χ1n) is 8.86. The van der Waals surface area contributed by atoms with E-state index in [4.69, 9.17) is 0 Å². The Kier molecular flexibility index (Phi) is 6.79. The zero-order chi connectivity index (χ0) is 18.4. The molecule has 1 aliphatic heterocycles. The lowest BCUT2D eigenvalue weighted by Gasteiger charge is -2.26. The van der Waals surface area contributed by atoms with Gasteiger partial charge in [0.05, 0.1) is 11.3 Å². The summed E-state index contributed by atoms with van der Waals surface area (Å²) in [5, 5.41) is 0. The molecule has 0 aliphatic carbocycles. The molecule has 1 amide bonds. The highest BCUT2D eigenvalue weighted by atomic mass is 32.2. The third-order valence-electron chi connectivity index (χ3n) is 4.43. The van der Waals surface area contributed by atoms with Gasteiger partial charge in [0, 0.05) is 26.2 Å². The van der Waals surface area contributed by atoms with Crippen LogP contribution in [0.1, 0.15) is 38.7 Å². The van der Waals surface area contributed by atoms with Gasteiger partial charge in [-0.2, -0.15) is 4.31 Å². The van der Waals surface area contributed by atoms with Crippen molar-refractivity contribution >= 4 is 15.9 Å². The van der Waals surface area contributed by atoms with Crippen LogP contribution in [-0.2, 0) is 21.2 Å². The van der Waals surface area contributed by atoms with Crippen molar-refractivity contribution in [1.29, 1.82) is 0 Å². The lowest BCUT2D eigenvalue weighted by Crippen LogP contribution is -2.35. The summed E-state index contributed by atoms with van der Waals surface area (Å²) < 4.78 is 26.8. The van der Waals surface area contributed by atoms with E-state index in [9.17, 15) is 13.2 Å². The van der Waals surface area contributed by atoms with Crippen molar-refractivity contribution in [2.45, 2.75) is 44.4 Å². The van der Waals surface area contributed by atoms with Gasteiger partial charge in [-0.05, 0) is 44.4 Å². The Hall–Kier alpha value is -1.66. The normalized spacial score (nSPS) is 15.8. The van der Waals surface area contributed by atoms with Crippen molar-refractivity contribution in [3.8, 4) is 0 Å². The topological polar surface area (TPSA) is 57.7 Å². The fraction of sp³-hybridized carbons (Fsp3) is 0.526. The molecule has 5 nitrogen and oxygen atoms in total. The largest absolute Gasteiger partial charge is 0.339 e. The van der Waals surface area contributed by atoms with Gasteiger partial charge in [-0.3, -0.25) is 4.79 Å². The maximum absolute atomic E-state index is 12.6. The van der Waals surface area contributed by atoms with E-state index in [2.05, 4.69) is 6.58 Å². The van der Waals surface area contributed by atoms with Crippen molar-refractivity contribution in [1.82, 2.24) is 9.21 Å². The van der Waals surface area contributed by atoms with Crippen molar-refractivity contribution in [2.75, 3.05) is 26.2 Å². The molecule has 1 heterocycles. The summed E-state index contributed by atoms with van der Waals surface area (Å²) in [5.74, 6) is 0.0251. The van der Waals surface area contributed by atoms with E-state index in [1.807, 2.05) is 13.8 Å². The predicted octanol–water partition coefficient (Wildman–Crippen LogP) is 2.83. The van der Waals surface area contributed by atoms with Crippen LogP contribution in [0.4, 0.5) is 0 Å². The Balaban J connectivity index is 2.06. The Bertz CT molecular complexity index is 705. The summed E-state index contributed by atoms with van der Waals surface area (Å²) in [5.41, 5.74) is 1.76. The van der Waals surface area contributed by atoms with E-state index >= 15 is 0 Å². The molecule has 1 aromatic rings. The number of carbonyl (C=O) groups is 1. The molecular formula is C19H28N2O3S. The third kappa shape index (κ3) is 5.16. The van der Waals surface area contributed by atoms with Crippen LogP contribution in [-0.4, -0.2) is 49.7 Å². The number of likely N-dealkylation sites (N-methyl/N-ethyl adjacent to an activating group) is 1. The van der Waals surface area contributed by atoms with Crippen LogP contribution in [0.25, 0.3) is 0 Å². The van der Waals surface area contributed by atoms with Crippen molar-refractivity contribution < 1.29 is 13.2 Å². The molecule has 1 aromatic carbocycles. The first-order chi connectivity index (χ1) is 11.8. The molecule has 1 aliphatic rings. The molecule has 0 bridgehead atoms. The zero-order valence-electron chi connectivity index (χ0n) is 15.2. The number of hydrogen-bond acceptors (Lipinski definition) is 3. The lowest BCUT2D eigenvalue weighted by molar-refractivity contribution is -0.129. The molecule has 1 saturated heterocycles. The van der Waals surface area contributed by atoms with Crippen LogP contribution in [0.15, 0.2) is 41.3 Å². The molecule has 0 aromatic heterocycles. The molecule has 0 unspecified atom stereocenters. The number of hydrogen-bond donors (Lipinski definition) is 0. The molecule has 0 N–H and O–H groups in total. The molecular weight excluding hydrogens is 336 g/mol. The van der Waals surface area contributed by atoms with Crippen LogP contribution in [0.2, 0.25) is 0 Å². The number of piperidine rings is 1. The van der Waals surface area contributed by atoms with Crippen LogP contribution in [0.3, 0.4) is 0 Å². The number of amides is 1. The molecule has 0 saturated carbocycles. The third-order valence-corrected chi connectivity index (χ3v) is 6.34. The minimum Gasteiger partial charge on any atom is -0.339 e. The highest BCUT2D eigenvalue weighted by Crippen LogP contribution is 2.21. The van der Waals surface area contributed by atoms with Gasteiger partial charge in [0.15, 0.2) is 0 Å². The lowest BCUT2D eigenvalue weighted by atomic mass is 10.1. The highest BCUT2D eigenvalue weighted by molar-refractivity contribution is 7.89. The number of benzene rings is 1. The van der Waals surface area contributed by atoms with Crippen molar-refractivity contribution in [2.24, 2.45) is 0 Å². The van der Waals surface area contributed by atoms with Gasteiger partial charge in [0.1, 0.15) is 0 Å². The van der Waals surface area contributed by atoms with E-state index in [1.165, 1.54) is 0 Å². The van der Waals surface area contributed by atoms with Gasteiger partial charge in [-0.15, -0.1) is 0 Å². The average molecular weight is 365 g/mol. The number of rotatable bonds is 7. The van der Waals surface area contributed by atoms with Crippen LogP contribution < -0.4 is 0 Å². The maximum atomic E-state index is 12.6. The van der Waals surface area contributed by atoms with Gasteiger partial charge in [0.25, 0.3) is 0 Å².